The van der Waals surface area contributed by atoms with E-state index in [1.54, 1.807) is 0 Å². The van der Waals surface area contributed by atoms with Crippen LogP contribution in [0.4, 0.5) is 0 Å². The molecule has 1 nitrogen and oxygen atoms in total. The molecule has 0 radical (unpaired) electrons. The third kappa shape index (κ3) is 1.69. The smallest absolute Gasteiger partial charge is 0.0722 e. The van der Waals surface area contributed by atoms with Crippen LogP contribution in [0.1, 0.15) is 37.5 Å². The SMILES string of the molecule is CC(C)(C)c1cccc2c1COCC2. The topological polar surface area (TPSA) is 9.23 Å². The van der Waals surface area contributed by atoms with Crippen LogP contribution in [0.15, 0.2) is 18.2 Å². The first kappa shape index (κ1) is 9.72. The van der Waals surface area contributed by atoms with Crippen molar-refractivity contribution in [2.24, 2.45) is 0 Å². The van der Waals surface area contributed by atoms with Crippen molar-refractivity contribution >= 4 is 0 Å². The van der Waals surface area contributed by atoms with Crippen molar-refractivity contribution in [1.82, 2.24) is 0 Å². The van der Waals surface area contributed by atoms with Gasteiger partial charge in [0, 0.05) is 0 Å². The normalized spacial score (nSPS) is 16.5. The Morgan fingerprint density at radius 1 is 1.21 bits per heavy atom. The summed E-state index contributed by atoms with van der Waals surface area (Å²) in [5.41, 5.74) is 4.57. The van der Waals surface area contributed by atoms with E-state index in [2.05, 4.69) is 39.0 Å². The Labute approximate surface area is 86.1 Å². The molecular formula is C13H18O. The molecular weight excluding hydrogens is 172 g/mol. The highest BCUT2D eigenvalue weighted by Crippen LogP contribution is 2.30. The molecule has 0 bridgehead atoms. The van der Waals surface area contributed by atoms with Crippen molar-refractivity contribution in [3.63, 3.8) is 0 Å². The minimum absolute atomic E-state index is 0.228. The van der Waals surface area contributed by atoms with Gasteiger partial charge in [-0.05, 0) is 28.5 Å². The van der Waals surface area contributed by atoms with Crippen LogP contribution < -0.4 is 0 Å². The summed E-state index contributed by atoms with van der Waals surface area (Å²) in [5.74, 6) is 0. The molecule has 0 unspecified atom stereocenters. The van der Waals surface area contributed by atoms with Gasteiger partial charge in [-0.1, -0.05) is 39.0 Å². The second-order valence-corrected chi connectivity index (χ2v) is 5.00. The lowest BCUT2D eigenvalue weighted by molar-refractivity contribution is 0.109. The van der Waals surface area contributed by atoms with Crippen molar-refractivity contribution in [2.45, 2.75) is 39.2 Å². The van der Waals surface area contributed by atoms with E-state index in [-0.39, 0.29) is 5.41 Å². The summed E-state index contributed by atoms with van der Waals surface area (Å²) in [7, 11) is 0. The van der Waals surface area contributed by atoms with E-state index in [1.807, 2.05) is 0 Å². The van der Waals surface area contributed by atoms with E-state index in [4.69, 9.17) is 4.74 Å². The van der Waals surface area contributed by atoms with Crippen molar-refractivity contribution < 1.29 is 4.74 Å². The van der Waals surface area contributed by atoms with Gasteiger partial charge in [0.2, 0.25) is 0 Å². The fourth-order valence-electron chi connectivity index (χ4n) is 2.10. The van der Waals surface area contributed by atoms with E-state index in [9.17, 15) is 0 Å². The summed E-state index contributed by atoms with van der Waals surface area (Å²) in [4.78, 5) is 0. The largest absolute Gasteiger partial charge is 0.376 e. The average Bonchev–Trinajstić information content (AvgIpc) is 2.15. The molecule has 0 spiro atoms. The monoisotopic (exact) mass is 190 g/mol. The predicted molar refractivity (Wildman–Crippen MR) is 58.5 cm³/mol. The number of hydrogen-bond donors (Lipinski definition) is 0. The molecule has 1 heteroatoms. The minimum atomic E-state index is 0.228. The fraction of sp³-hybridized carbons (Fsp3) is 0.538. The fourth-order valence-corrected chi connectivity index (χ4v) is 2.10. The lowest BCUT2D eigenvalue weighted by atomic mass is 9.81. The predicted octanol–water partition coefficient (Wildman–Crippen LogP) is 3.06. The average molecular weight is 190 g/mol. The molecule has 0 saturated heterocycles. The highest BCUT2D eigenvalue weighted by Gasteiger charge is 2.21. The van der Waals surface area contributed by atoms with Gasteiger partial charge < -0.3 is 4.74 Å². The van der Waals surface area contributed by atoms with Gasteiger partial charge in [0.25, 0.3) is 0 Å². The Balaban J connectivity index is 2.51. The molecule has 0 aromatic heterocycles. The highest BCUT2D eigenvalue weighted by atomic mass is 16.5. The lowest BCUT2D eigenvalue weighted by Gasteiger charge is -2.27. The van der Waals surface area contributed by atoms with Crippen LogP contribution in [0.25, 0.3) is 0 Å². The summed E-state index contributed by atoms with van der Waals surface area (Å²) >= 11 is 0. The van der Waals surface area contributed by atoms with E-state index < -0.39 is 0 Å². The number of benzene rings is 1. The second-order valence-electron chi connectivity index (χ2n) is 5.00. The third-order valence-corrected chi connectivity index (χ3v) is 2.84. The zero-order valence-corrected chi connectivity index (χ0v) is 9.26. The van der Waals surface area contributed by atoms with E-state index >= 15 is 0 Å². The Bertz CT molecular complexity index is 334. The van der Waals surface area contributed by atoms with Crippen LogP contribution in [-0.4, -0.2) is 6.61 Å². The number of fused-ring (bicyclic) bond motifs is 1. The van der Waals surface area contributed by atoms with Gasteiger partial charge in [0.05, 0.1) is 13.2 Å². The first-order valence-electron chi connectivity index (χ1n) is 5.28. The molecule has 1 aromatic carbocycles. The summed E-state index contributed by atoms with van der Waals surface area (Å²) in [5, 5.41) is 0. The summed E-state index contributed by atoms with van der Waals surface area (Å²) < 4.78 is 5.53. The Morgan fingerprint density at radius 2 is 2.00 bits per heavy atom. The quantitative estimate of drug-likeness (QED) is 0.611. The van der Waals surface area contributed by atoms with Gasteiger partial charge >= 0.3 is 0 Å². The molecule has 14 heavy (non-hydrogen) atoms. The molecule has 1 aliphatic rings. The van der Waals surface area contributed by atoms with Crippen LogP contribution in [0.5, 0.6) is 0 Å². The Hall–Kier alpha value is -0.820. The number of rotatable bonds is 0. The summed E-state index contributed by atoms with van der Waals surface area (Å²) in [6.07, 6.45) is 1.07. The summed E-state index contributed by atoms with van der Waals surface area (Å²) in [6.45, 7) is 8.45. The molecule has 2 rings (SSSR count). The van der Waals surface area contributed by atoms with Gasteiger partial charge in [-0.2, -0.15) is 0 Å². The van der Waals surface area contributed by atoms with E-state index in [1.165, 1.54) is 16.7 Å². The third-order valence-electron chi connectivity index (χ3n) is 2.84. The van der Waals surface area contributed by atoms with Crippen molar-refractivity contribution in [3.8, 4) is 0 Å². The van der Waals surface area contributed by atoms with Crippen LogP contribution in [0.3, 0.4) is 0 Å². The molecule has 0 aliphatic carbocycles. The molecule has 0 N–H and O–H groups in total. The van der Waals surface area contributed by atoms with Crippen LogP contribution in [-0.2, 0) is 23.2 Å². The lowest BCUT2D eigenvalue weighted by Crippen LogP contribution is -2.19. The van der Waals surface area contributed by atoms with Gasteiger partial charge in [-0.3, -0.25) is 0 Å². The maximum atomic E-state index is 5.53. The van der Waals surface area contributed by atoms with E-state index in [0.717, 1.165) is 19.6 Å². The van der Waals surface area contributed by atoms with Gasteiger partial charge in [0.1, 0.15) is 0 Å². The Kier molecular flexibility index (Phi) is 2.36. The highest BCUT2D eigenvalue weighted by molar-refractivity contribution is 5.39. The molecule has 0 fully saturated rings. The molecule has 76 valence electrons. The van der Waals surface area contributed by atoms with Crippen LogP contribution in [0.2, 0.25) is 0 Å². The van der Waals surface area contributed by atoms with E-state index in [0.29, 0.717) is 0 Å². The number of ether oxygens (including phenoxy) is 1. The Morgan fingerprint density at radius 3 is 2.71 bits per heavy atom. The maximum absolute atomic E-state index is 5.53. The summed E-state index contributed by atoms with van der Waals surface area (Å²) in [6, 6.07) is 6.63. The van der Waals surface area contributed by atoms with Crippen molar-refractivity contribution in [2.75, 3.05) is 6.61 Å². The second kappa shape index (κ2) is 3.39. The first-order valence-corrected chi connectivity index (χ1v) is 5.28. The molecule has 0 saturated carbocycles. The molecule has 1 aromatic rings. The van der Waals surface area contributed by atoms with Crippen LogP contribution >= 0.6 is 0 Å². The van der Waals surface area contributed by atoms with Gasteiger partial charge in [-0.25, -0.2) is 0 Å². The molecule has 0 atom stereocenters. The molecule has 1 heterocycles. The van der Waals surface area contributed by atoms with Gasteiger partial charge in [0.15, 0.2) is 0 Å². The number of hydrogen-bond acceptors (Lipinski definition) is 1. The molecule has 1 aliphatic heterocycles. The zero-order valence-electron chi connectivity index (χ0n) is 9.26. The zero-order chi connectivity index (χ0) is 10.2. The maximum Gasteiger partial charge on any atom is 0.0722 e. The minimum Gasteiger partial charge on any atom is -0.376 e. The molecule has 0 amide bonds. The standard InChI is InChI=1S/C13H18O/c1-13(2,3)12-6-4-5-10-7-8-14-9-11(10)12/h4-6H,7-9H2,1-3H3. The van der Waals surface area contributed by atoms with Crippen molar-refractivity contribution in [3.05, 3.63) is 34.9 Å². The van der Waals surface area contributed by atoms with Crippen molar-refractivity contribution in [1.29, 1.82) is 0 Å². The first-order chi connectivity index (χ1) is 6.59. The van der Waals surface area contributed by atoms with Gasteiger partial charge in [-0.15, -0.1) is 0 Å². The van der Waals surface area contributed by atoms with Crippen LogP contribution in [0, 0.1) is 0 Å².